The van der Waals surface area contributed by atoms with Crippen molar-refractivity contribution in [3.63, 3.8) is 0 Å². The number of halogens is 1. The van der Waals surface area contributed by atoms with E-state index in [1.54, 1.807) is 13.2 Å². The van der Waals surface area contributed by atoms with Crippen LogP contribution in [-0.2, 0) is 0 Å². The molecule has 1 N–H and O–H groups in total. The van der Waals surface area contributed by atoms with Crippen molar-refractivity contribution in [1.29, 1.82) is 0 Å². The van der Waals surface area contributed by atoms with E-state index in [0.29, 0.717) is 17.8 Å². The van der Waals surface area contributed by atoms with Crippen LogP contribution >= 0.6 is 0 Å². The Kier molecular flexibility index (Phi) is 5.63. The zero-order valence-electron chi connectivity index (χ0n) is 13.3. The maximum Gasteiger partial charge on any atom is 0.126 e. The average Bonchev–Trinajstić information content (AvgIpc) is 2.47. The lowest BCUT2D eigenvalue weighted by Crippen LogP contribution is -2.28. The van der Waals surface area contributed by atoms with Gasteiger partial charge >= 0.3 is 0 Å². The number of rotatable bonds is 5. The van der Waals surface area contributed by atoms with Crippen molar-refractivity contribution in [2.45, 2.75) is 45.4 Å². The molecule has 118 valence electrons. The van der Waals surface area contributed by atoms with E-state index in [0.717, 1.165) is 37.0 Å². The molecule has 1 aromatic carbocycles. The van der Waals surface area contributed by atoms with E-state index in [2.05, 4.69) is 13.8 Å². The quantitative estimate of drug-likeness (QED) is 0.873. The molecule has 0 saturated heterocycles. The minimum atomic E-state index is -0.133. The first-order valence-corrected chi connectivity index (χ1v) is 7.99. The Morgan fingerprint density at radius 3 is 2.67 bits per heavy atom. The molecule has 1 aromatic rings. The topological polar surface area (TPSA) is 29.5 Å². The molecule has 3 heteroatoms. The summed E-state index contributed by atoms with van der Waals surface area (Å²) in [6, 6.07) is 5.01. The van der Waals surface area contributed by atoms with Crippen LogP contribution in [0.5, 0.6) is 5.75 Å². The van der Waals surface area contributed by atoms with Gasteiger partial charge in [0.1, 0.15) is 11.6 Å². The van der Waals surface area contributed by atoms with Gasteiger partial charge in [-0.25, -0.2) is 4.39 Å². The van der Waals surface area contributed by atoms with Crippen molar-refractivity contribution in [3.05, 3.63) is 29.6 Å². The Labute approximate surface area is 127 Å². The lowest BCUT2D eigenvalue weighted by Gasteiger charge is -2.36. The van der Waals surface area contributed by atoms with E-state index < -0.39 is 0 Å². The van der Waals surface area contributed by atoms with Crippen LogP contribution in [0, 0.1) is 23.6 Å². The van der Waals surface area contributed by atoms with Gasteiger partial charge in [-0.2, -0.15) is 0 Å². The molecule has 21 heavy (non-hydrogen) atoms. The normalized spacial score (nSPS) is 26.1. The monoisotopic (exact) mass is 294 g/mol. The van der Waals surface area contributed by atoms with Gasteiger partial charge in [0.2, 0.25) is 0 Å². The molecule has 0 heterocycles. The Morgan fingerprint density at radius 1 is 1.29 bits per heavy atom. The Bertz CT molecular complexity index is 459. The molecule has 3 unspecified atom stereocenters. The van der Waals surface area contributed by atoms with Crippen LogP contribution in [0.15, 0.2) is 18.2 Å². The number of benzene rings is 1. The largest absolute Gasteiger partial charge is 0.497 e. The van der Waals surface area contributed by atoms with Crippen molar-refractivity contribution in [1.82, 2.24) is 0 Å². The predicted molar refractivity (Wildman–Crippen MR) is 83.1 cm³/mol. The second-order valence-electron chi connectivity index (χ2n) is 6.73. The van der Waals surface area contributed by atoms with E-state index in [4.69, 9.17) is 4.74 Å². The van der Waals surface area contributed by atoms with Gasteiger partial charge in [-0.15, -0.1) is 0 Å². The minimum Gasteiger partial charge on any atom is -0.497 e. The first kappa shape index (κ1) is 16.3. The highest BCUT2D eigenvalue weighted by Gasteiger charge is 2.32. The van der Waals surface area contributed by atoms with Gasteiger partial charge in [-0.05, 0) is 73.1 Å². The first-order valence-electron chi connectivity index (χ1n) is 7.99. The lowest BCUT2D eigenvalue weighted by molar-refractivity contribution is 0.110. The molecule has 1 fully saturated rings. The summed E-state index contributed by atoms with van der Waals surface area (Å²) in [5.41, 5.74) is 0.777. The van der Waals surface area contributed by atoms with Gasteiger partial charge in [0.05, 0.1) is 7.11 Å². The molecule has 2 nitrogen and oxygen atoms in total. The molecular formula is C18H27FO2. The van der Waals surface area contributed by atoms with Crippen LogP contribution in [0.4, 0.5) is 4.39 Å². The van der Waals surface area contributed by atoms with Gasteiger partial charge in [0.25, 0.3) is 0 Å². The molecule has 0 radical (unpaired) electrons. The third kappa shape index (κ3) is 3.97. The fraction of sp³-hybridized carbons (Fsp3) is 0.667. The molecule has 0 amide bonds. The number of aliphatic hydroxyl groups is 1. The molecule has 0 spiro atoms. The Balaban J connectivity index is 2.17. The zero-order valence-corrected chi connectivity index (χ0v) is 13.3. The van der Waals surface area contributed by atoms with Crippen molar-refractivity contribution < 1.29 is 14.2 Å². The van der Waals surface area contributed by atoms with Crippen LogP contribution < -0.4 is 4.74 Å². The van der Waals surface area contributed by atoms with Gasteiger partial charge in [0, 0.05) is 6.61 Å². The summed E-state index contributed by atoms with van der Waals surface area (Å²) in [7, 11) is 1.61. The highest BCUT2D eigenvalue weighted by molar-refractivity contribution is 5.32. The van der Waals surface area contributed by atoms with Gasteiger partial charge in [0.15, 0.2) is 0 Å². The molecule has 1 aliphatic carbocycles. The summed E-state index contributed by atoms with van der Waals surface area (Å²) < 4.78 is 19.4. The molecule has 2 rings (SSSR count). The molecule has 1 aliphatic rings. The fourth-order valence-corrected chi connectivity index (χ4v) is 3.71. The third-order valence-corrected chi connectivity index (χ3v) is 4.79. The first-order chi connectivity index (χ1) is 10.0. The Morgan fingerprint density at radius 2 is 2.05 bits per heavy atom. The molecule has 0 bridgehead atoms. The Hall–Kier alpha value is -1.09. The summed E-state index contributed by atoms with van der Waals surface area (Å²) >= 11 is 0. The standard InChI is InChI=1S/C18H27FO2/c1-12(2)8-15-9-13(4-5-14(15)11-20)17-10-16(21-3)6-7-18(17)19/h6-7,10,12-15,20H,4-5,8-9,11H2,1-3H3. The predicted octanol–water partition coefficient (Wildman–Crippen LogP) is 4.37. The average molecular weight is 294 g/mol. The lowest BCUT2D eigenvalue weighted by atomic mass is 9.69. The van der Waals surface area contributed by atoms with Gasteiger partial charge in [-0.3, -0.25) is 0 Å². The second-order valence-corrected chi connectivity index (χ2v) is 6.73. The number of hydrogen-bond donors (Lipinski definition) is 1. The molecule has 3 atom stereocenters. The molecule has 1 saturated carbocycles. The minimum absolute atomic E-state index is 0.133. The highest BCUT2D eigenvalue weighted by Crippen LogP contribution is 2.43. The smallest absolute Gasteiger partial charge is 0.126 e. The van der Waals surface area contributed by atoms with Crippen LogP contribution in [0.1, 0.15) is 51.0 Å². The van der Waals surface area contributed by atoms with E-state index in [1.807, 2.05) is 6.07 Å². The van der Waals surface area contributed by atoms with Crippen LogP contribution in [0.3, 0.4) is 0 Å². The number of aliphatic hydroxyl groups excluding tert-OH is 1. The van der Waals surface area contributed by atoms with E-state index in [-0.39, 0.29) is 18.3 Å². The number of ether oxygens (including phenoxy) is 1. The summed E-state index contributed by atoms with van der Waals surface area (Å²) in [5.74, 6) is 2.30. The van der Waals surface area contributed by atoms with Crippen molar-refractivity contribution in [2.75, 3.05) is 13.7 Å². The van der Waals surface area contributed by atoms with Crippen LogP contribution in [0.2, 0.25) is 0 Å². The molecule has 0 aliphatic heterocycles. The maximum absolute atomic E-state index is 14.2. The van der Waals surface area contributed by atoms with Crippen molar-refractivity contribution >= 4 is 0 Å². The summed E-state index contributed by atoms with van der Waals surface area (Å²) in [6.45, 7) is 4.68. The number of hydrogen-bond acceptors (Lipinski definition) is 2. The van der Waals surface area contributed by atoms with Crippen LogP contribution in [-0.4, -0.2) is 18.8 Å². The van der Waals surface area contributed by atoms with E-state index >= 15 is 0 Å². The number of methoxy groups -OCH3 is 1. The van der Waals surface area contributed by atoms with Crippen molar-refractivity contribution in [3.8, 4) is 5.75 Å². The van der Waals surface area contributed by atoms with E-state index in [9.17, 15) is 9.50 Å². The summed E-state index contributed by atoms with van der Waals surface area (Å²) in [4.78, 5) is 0. The summed E-state index contributed by atoms with van der Waals surface area (Å²) in [6.07, 6.45) is 4.00. The zero-order chi connectivity index (χ0) is 15.4. The maximum atomic E-state index is 14.2. The second kappa shape index (κ2) is 7.26. The van der Waals surface area contributed by atoms with Crippen molar-refractivity contribution in [2.24, 2.45) is 17.8 Å². The van der Waals surface area contributed by atoms with Crippen LogP contribution in [0.25, 0.3) is 0 Å². The molecule has 0 aromatic heterocycles. The van der Waals surface area contributed by atoms with Gasteiger partial charge < -0.3 is 9.84 Å². The van der Waals surface area contributed by atoms with Gasteiger partial charge in [-0.1, -0.05) is 13.8 Å². The van der Waals surface area contributed by atoms with E-state index in [1.165, 1.54) is 6.07 Å². The fourth-order valence-electron chi connectivity index (χ4n) is 3.71. The SMILES string of the molecule is COc1ccc(F)c(C2CCC(CO)C(CC(C)C)C2)c1. The highest BCUT2D eigenvalue weighted by atomic mass is 19.1. The molecular weight excluding hydrogens is 267 g/mol. The summed E-state index contributed by atoms with van der Waals surface area (Å²) in [5, 5.41) is 9.57. The third-order valence-electron chi connectivity index (χ3n) is 4.79.